The lowest BCUT2D eigenvalue weighted by Gasteiger charge is -2.40. The van der Waals surface area contributed by atoms with E-state index in [1.54, 1.807) is 0 Å². The normalized spacial score (nSPS) is 49.2. The number of rotatable bonds is 1. The molecule has 1 aliphatic heterocycles. The summed E-state index contributed by atoms with van der Waals surface area (Å²) in [5.74, 6) is -2.17. The van der Waals surface area contributed by atoms with Gasteiger partial charge in [0, 0.05) is 0 Å². The van der Waals surface area contributed by atoms with E-state index < -0.39 is 30.7 Å². The summed E-state index contributed by atoms with van der Waals surface area (Å²) < 4.78 is 4.56. The van der Waals surface area contributed by atoms with E-state index in [0.29, 0.717) is 0 Å². The first-order valence-electron chi connectivity index (χ1n) is 3.52. The first-order valence-corrected chi connectivity index (χ1v) is 3.52. The molecule has 1 aliphatic rings. The van der Waals surface area contributed by atoms with Crippen LogP contribution < -0.4 is 0 Å². The maximum absolute atomic E-state index is 9.24. The van der Waals surface area contributed by atoms with Gasteiger partial charge >= 0.3 is 0 Å². The molecule has 12 heavy (non-hydrogen) atoms. The molecule has 1 fully saturated rings. The molecule has 0 bridgehead atoms. The molecular formula is C6H12O6. The summed E-state index contributed by atoms with van der Waals surface area (Å²) in [5, 5.41) is 45.0. The summed E-state index contributed by atoms with van der Waals surface area (Å²) in [6, 6.07) is 0. The molecule has 0 aromatic carbocycles. The molecule has 4 atom stereocenters. The van der Waals surface area contributed by atoms with Gasteiger partial charge in [-0.2, -0.15) is 0 Å². The standard InChI is InChI=1S/C6H12O6/c7-2-6(11)5(10)4(9)3(8)1-12-6/h3-5,7-11H,1-2H2/t3-,4-,5+,6-/m0/s1. The Hall–Kier alpha value is -0.240. The van der Waals surface area contributed by atoms with Crippen LogP contribution in [-0.4, -0.2) is 62.8 Å². The lowest BCUT2D eigenvalue weighted by atomic mass is 9.98. The van der Waals surface area contributed by atoms with Crippen molar-refractivity contribution in [1.82, 2.24) is 0 Å². The van der Waals surface area contributed by atoms with Crippen molar-refractivity contribution in [3.8, 4) is 0 Å². The van der Waals surface area contributed by atoms with Crippen LogP contribution in [0.3, 0.4) is 0 Å². The topological polar surface area (TPSA) is 110 Å². The molecule has 0 aliphatic carbocycles. The largest absolute Gasteiger partial charge is 0.391 e. The zero-order valence-corrected chi connectivity index (χ0v) is 6.29. The second-order valence-electron chi connectivity index (χ2n) is 2.82. The van der Waals surface area contributed by atoms with Gasteiger partial charge in [-0.15, -0.1) is 0 Å². The van der Waals surface area contributed by atoms with Gasteiger partial charge in [0.05, 0.1) is 13.2 Å². The smallest absolute Gasteiger partial charge is 0.218 e. The highest BCUT2D eigenvalue weighted by Gasteiger charge is 2.47. The molecule has 0 aromatic rings. The van der Waals surface area contributed by atoms with E-state index in [2.05, 4.69) is 4.74 Å². The summed E-state index contributed by atoms with van der Waals surface area (Å²) in [7, 11) is 0. The van der Waals surface area contributed by atoms with Gasteiger partial charge in [-0.05, 0) is 0 Å². The number of ether oxygens (including phenoxy) is 1. The minimum atomic E-state index is -2.17. The molecular weight excluding hydrogens is 168 g/mol. The third-order valence-electron chi connectivity index (χ3n) is 1.91. The van der Waals surface area contributed by atoms with Crippen LogP contribution in [-0.2, 0) is 4.74 Å². The van der Waals surface area contributed by atoms with E-state index in [0.717, 1.165) is 0 Å². The molecule has 0 saturated carbocycles. The van der Waals surface area contributed by atoms with Crippen molar-refractivity contribution in [3.63, 3.8) is 0 Å². The molecule has 1 heterocycles. The molecule has 0 amide bonds. The highest BCUT2D eigenvalue weighted by molar-refractivity contribution is 4.90. The Labute approximate surface area is 68.6 Å². The Kier molecular flexibility index (Phi) is 2.67. The maximum Gasteiger partial charge on any atom is 0.218 e. The first-order chi connectivity index (χ1) is 5.51. The van der Waals surface area contributed by atoms with Gasteiger partial charge in [0.2, 0.25) is 5.79 Å². The SMILES string of the molecule is OC[C@]1(O)OC[C@H](O)[C@H](O)[C@H]1O. The lowest BCUT2D eigenvalue weighted by molar-refractivity contribution is -0.331. The Morgan fingerprint density at radius 3 is 2.42 bits per heavy atom. The predicted octanol–water partition coefficient (Wildman–Crippen LogP) is -3.22. The summed E-state index contributed by atoms with van der Waals surface area (Å²) in [6.45, 7) is -1.16. The van der Waals surface area contributed by atoms with Gasteiger partial charge in [-0.1, -0.05) is 0 Å². The molecule has 0 radical (unpaired) electrons. The van der Waals surface area contributed by atoms with Crippen molar-refractivity contribution < 1.29 is 30.3 Å². The Morgan fingerprint density at radius 2 is 1.92 bits per heavy atom. The molecule has 0 spiro atoms. The number of aliphatic hydroxyl groups excluding tert-OH is 4. The Bertz CT molecular complexity index is 162. The van der Waals surface area contributed by atoms with Gasteiger partial charge in [0.1, 0.15) is 18.3 Å². The van der Waals surface area contributed by atoms with Gasteiger partial charge in [0.25, 0.3) is 0 Å². The van der Waals surface area contributed by atoms with Gasteiger partial charge in [-0.3, -0.25) is 0 Å². The fraction of sp³-hybridized carbons (Fsp3) is 1.00. The molecule has 5 N–H and O–H groups in total. The Balaban J connectivity index is 2.71. The lowest BCUT2D eigenvalue weighted by Crippen LogP contribution is -2.62. The fourth-order valence-electron chi connectivity index (χ4n) is 1.03. The van der Waals surface area contributed by atoms with E-state index in [-0.39, 0.29) is 6.61 Å². The summed E-state index contributed by atoms with van der Waals surface area (Å²) in [6.07, 6.45) is -4.45. The zero-order valence-electron chi connectivity index (χ0n) is 6.29. The van der Waals surface area contributed by atoms with Gasteiger partial charge < -0.3 is 30.3 Å². The van der Waals surface area contributed by atoms with Crippen molar-refractivity contribution in [2.24, 2.45) is 0 Å². The van der Waals surface area contributed by atoms with E-state index in [9.17, 15) is 5.11 Å². The molecule has 72 valence electrons. The molecule has 0 aromatic heterocycles. The second kappa shape index (κ2) is 3.25. The monoisotopic (exact) mass is 180 g/mol. The van der Waals surface area contributed by atoms with Crippen LogP contribution in [0.25, 0.3) is 0 Å². The highest BCUT2D eigenvalue weighted by Crippen LogP contribution is 2.22. The van der Waals surface area contributed by atoms with Crippen LogP contribution in [0.2, 0.25) is 0 Å². The molecule has 1 rings (SSSR count). The van der Waals surface area contributed by atoms with Crippen LogP contribution in [0.5, 0.6) is 0 Å². The van der Waals surface area contributed by atoms with E-state index in [1.807, 2.05) is 0 Å². The third kappa shape index (κ3) is 1.45. The number of hydrogen-bond acceptors (Lipinski definition) is 6. The Morgan fingerprint density at radius 1 is 1.33 bits per heavy atom. The molecule has 1 saturated heterocycles. The van der Waals surface area contributed by atoms with E-state index >= 15 is 0 Å². The summed E-state index contributed by atoms with van der Waals surface area (Å²) in [5.41, 5.74) is 0. The van der Waals surface area contributed by atoms with Gasteiger partial charge in [0.15, 0.2) is 0 Å². The van der Waals surface area contributed by atoms with E-state index in [4.69, 9.17) is 20.4 Å². The fourth-order valence-corrected chi connectivity index (χ4v) is 1.03. The summed E-state index contributed by atoms with van der Waals surface area (Å²) >= 11 is 0. The van der Waals surface area contributed by atoms with Gasteiger partial charge in [-0.25, -0.2) is 0 Å². The minimum absolute atomic E-state index is 0.324. The molecule has 0 unspecified atom stereocenters. The van der Waals surface area contributed by atoms with Crippen molar-refractivity contribution in [2.45, 2.75) is 24.1 Å². The minimum Gasteiger partial charge on any atom is -0.391 e. The van der Waals surface area contributed by atoms with Crippen molar-refractivity contribution in [3.05, 3.63) is 0 Å². The van der Waals surface area contributed by atoms with Crippen LogP contribution in [0.15, 0.2) is 0 Å². The van der Waals surface area contributed by atoms with Crippen LogP contribution in [0, 0.1) is 0 Å². The summed E-state index contributed by atoms with van der Waals surface area (Å²) in [4.78, 5) is 0. The van der Waals surface area contributed by atoms with Crippen LogP contribution in [0.4, 0.5) is 0 Å². The van der Waals surface area contributed by atoms with E-state index in [1.165, 1.54) is 0 Å². The average molecular weight is 180 g/mol. The predicted molar refractivity (Wildman–Crippen MR) is 36.0 cm³/mol. The van der Waals surface area contributed by atoms with Crippen molar-refractivity contribution >= 4 is 0 Å². The average Bonchev–Trinajstić information content (AvgIpc) is 2.09. The quantitative estimate of drug-likeness (QED) is 0.290. The maximum atomic E-state index is 9.24. The number of aliphatic hydroxyl groups is 5. The third-order valence-corrected chi connectivity index (χ3v) is 1.91. The highest BCUT2D eigenvalue weighted by atomic mass is 16.7. The zero-order chi connectivity index (χ0) is 9.35. The first kappa shape index (κ1) is 9.85. The molecule has 6 nitrogen and oxygen atoms in total. The van der Waals surface area contributed by atoms with Crippen LogP contribution >= 0.6 is 0 Å². The van der Waals surface area contributed by atoms with Crippen molar-refractivity contribution in [2.75, 3.05) is 13.2 Å². The molecule has 6 heteroatoms. The van der Waals surface area contributed by atoms with Crippen LogP contribution in [0.1, 0.15) is 0 Å². The second-order valence-corrected chi connectivity index (χ2v) is 2.82. The number of hydrogen-bond donors (Lipinski definition) is 5. The van der Waals surface area contributed by atoms with Crippen molar-refractivity contribution in [1.29, 1.82) is 0 Å².